The standard InChI is InChI=1S/C19H20ClNO6S/c1-13-5-3-4-6-17(13)21(28(2,23)24)9-18(22)26-11-15-8-16(20)7-14-10-25-12-27-19(14)15/h3-8H,9-12H2,1-2H3. The summed E-state index contributed by atoms with van der Waals surface area (Å²) in [5.74, 6) is -0.114. The molecule has 0 N–H and O–H groups in total. The highest BCUT2D eigenvalue weighted by atomic mass is 35.5. The number of aryl methyl sites for hydroxylation is 1. The molecule has 0 fully saturated rings. The van der Waals surface area contributed by atoms with Gasteiger partial charge in [-0.05, 0) is 30.7 Å². The van der Waals surface area contributed by atoms with Crippen LogP contribution in [0.1, 0.15) is 16.7 Å². The number of fused-ring (bicyclic) bond motifs is 1. The minimum atomic E-state index is -3.67. The van der Waals surface area contributed by atoms with Gasteiger partial charge in [0.15, 0.2) is 6.79 Å². The van der Waals surface area contributed by atoms with Crippen molar-refractivity contribution in [2.45, 2.75) is 20.1 Å². The number of esters is 1. The largest absolute Gasteiger partial charge is 0.467 e. The Bertz CT molecular complexity index is 992. The van der Waals surface area contributed by atoms with Gasteiger partial charge in [0.1, 0.15) is 18.9 Å². The van der Waals surface area contributed by atoms with Crippen molar-refractivity contribution in [1.82, 2.24) is 0 Å². The van der Waals surface area contributed by atoms with Crippen LogP contribution in [0.15, 0.2) is 36.4 Å². The fourth-order valence-corrected chi connectivity index (χ4v) is 4.07. The highest BCUT2D eigenvalue weighted by molar-refractivity contribution is 7.92. The number of hydrogen-bond donors (Lipinski definition) is 0. The van der Waals surface area contributed by atoms with Crippen molar-refractivity contribution >= 4 is 33.3 Å². The molecule has 3 rings (SSSR count). The lowest BCUT2D eigenvalue weighted by Crippen LogP contribution is -2.36. The van der Waals surface area contributed by atoms with E-state index in [0.29, 0.717) is 28.6 Å². The first kappa shape index (κ1) is 20.4. The number of benzene rings is 2. The van der Waals surface area contributed by atoms with Crippen molar-refractivity contribution in [1.29, 1.82) is 0 Å². The number of halogens is 1. The van der Waals surface area contributed by atoms with E-state index in [1.54, 1.807) is 43.3 Å². The Morgan fingerprint density at radius 2 is 2.04 bits per heavy atom. The van der Waals surface area contributed by atoms with E-state index >= 15 is 0 Å². The lowest BCUT2D eigenvalue weighted by Gasteiger charge is -2.24. The normalized spacial score (nSPS) is 13.4. The number of para-hydroxylation sites is 1. The summed E-state index contributed by atoms with van der Waals surface area (Å²) < 4.78 is 41.4. The first-order chi connectivity index (χ1) is 13.3. The smallest absolute Gasteiger partial charge is 0.327 e. The van der Waals surface area contributed by atoms with Crippen LogP contribution in [0.2, 0.25) is 5.02 Å². The zero-order chi connectivity index (χ0) is 20.3. The van der Waals surface area contributed by atoms with Crippen LogP contribution in [0.25, 0.3) is 0 Å². The molecule has 28 heavy (non-hydrogen) atoms. The van der Waals surface area contributed by atoms with Gasteiger partial charge < -0.3 is 14.2 Å². The molecule has 0 bridgehead atoms. The van der Waals surface area contributed by atoms with Crippen LogP contribution in [0.5, 0.6) is 5.75 Å². The van der Waals surface area contributed by atoms with Crippen LogP contribution in [-0.4, -0.2) is 34.0 Å². The maximum Gasteiger partial charge on any atom is 0.327 e. The maximum atomic E-state index is 12.4. The first-order valence-corrected chi connectivity index (χ1v) is 10.7. The van der Waals surface area contributed by atoms with Crippen molar-refractivity contribution in [3.05, 3.63) is 58.1 Å². The van der Waals surface area contributed by atoms with Crippen molar-refractivity contribution in [2.75, 3.05) is 23.9 Å². The molecule has 0 saturated heterocycles. The lowest BCUT2D eigenvalue weighted by atomic mass is 10.1. The van der Waals surface area contributed by atoms with Crippen LogP contribution < -0.4 is 9.04 Å². The molecule has 0 atom stereocenters. The molecule has 0 radical (unpaired) electrons. The number of anilines is 1. The molecular weight excluding hydrogens is 406 g/mol. The molecule has 9 heteroatoms. The average molecular weight is 426 g/mol. The summed E-state index contributed by atoms with van der Waals surface area (Å²) in [6, 6.07) is 10.3. The third-order valence-electron chi connectivity index (χ3n) is 4.20. The Labute approximate surface area is 168 Å². The molecule has 2 aromatic rings. The molecule has 2 aromatic carbocycles. The van der Waals surface area contributed by atoms with Crippen LogP contribution in [0.3, 0.4) is 0 Å². The van der Waals surface area contributed by atoms with E-state index in [4.69, 9.17) is 25.8 Å². The highest BCUT2D eigenvalue weighted by Gasteiger charge is 2.24. The van der Waals surface area contributed by atoms with Crippen molar-refractivity contribution < 1.29 is 27.4 Å². The van der Waals surface area contributed by atoms with Crippen molar-refractivity contribution in [2.24, 2.45) is 0 Å². The Balaban J connectivity index is 1.75. The number of hydrogen-bond acceptors (Lipinski definition) is 6. The fourth-order valence-electron chi connectivity index (χ4n) is 2.91. The number of nitrogens with zero attached hydrogens (tertiary/aromatic N) is 1. The molecule has 1 aliphatic heterocycles. The molecule has 0 unspecified atom stereocenters. The molecule has 150 valence electrons. The Hall–Kier alpha value is -2.29. The second-order valence-corrected chi connectivity index (χ2v) is 8.72. The molecule has 0 aliphatic carbocycles. The summed E-state index contributed by atoms with van der Waals surface area (Å²) in [5, 5.41) is 0.469. The quantitative estimate of drug-likeness (QED) is 0.661. The van der Waals surface area contributed by atoms with E-state index in [0.717, 1.165) is 21.7 Å². The summed E-state index contributed by atoms with van der Waals surface area (Å²) in [5.41, 5.74) is 2.53. The number of rotatable bonds is 6. The van der Waals surface area contributed by atoms with Gasteiger partial charge in [0, 0.05) is 16.1 Å². The van der Waals surface area contributed by atoms with E-state index < -0.39 is 22.5 Å². The maximum absolute atomic E-state index is 12.4. The molecule has 0 spiro atoms. The molecule has 0 amide bonds. The Kier molecular flexibility index (Phi) is 6.12. The minimum Gasteiger partial charge on any atom is -0.467 e. The van der Waals surface area contributed by atoms with Crippen LogP contribution >= 0.6 is 11.6 Å². The monoisotopic (exact) mass is 425 g/mol. The van der Waals surface area contributed by atoms with Gasteiger partial charge in [0.05, 0.1) is 18.6 Å². The van der Waals surface area contributed by atoms with Gasteiger partial charge >= 0.3 is 5.97 Å². The molecular formula is C19H20ClNO6S. The predicted octanol–water partition coefficient (Wildman–Crippen LogP) is 3.02. The predicted molar refractivity (Wildman–Crippen MR) is 105 cm³/mol. The molecule has 1 aliphatic rings. The second-order valence-electron chi connectivity index (χ2n) is 6.38. The first-order valence-electron chi connectivity index (χ1n) is 8.46. The number of sulfonamides is 1. The van der Waals surface area contributed by atoms with E-state index in [9.17, 15) is 13.2 Å². The third-order valence-corrected chi connectivity index (χ3v) is 5.54. The van der Waals surface area contributed by atoms with E-state index in [-0.39, 0.29) is 13.4 Å². The summed E-state index contributed by atoms with van der Waals surface area (Å²) in [4.78, 5) is 12.4. The van der Waals surface area contributed by atoms with Gasteiger partial charge in [-0.15, -0.1) is 0 Å². The average Bonchev–Trinajstić information content (AvgIpc) is 2.64. The van der Waals surface area contributed by atoms with E-state index in [2.05, 4.69) is 0 Å². The summed E-state index contributed by atoms with van der Waals surface area (Å²) >= 11 is 6.10. The van der Waals surface area contributed by atoms with Crippen LogP contribution in [0, 0.1) is 6.92 Å². The van der Waals surface area contributed by atoms with Crippen LogP contribution in [0.4, 0.5) is 5.69 Å². The highest BCUT2D eigenvalue weighted by Crippen LogP contribution is 2.32. The lowest BCUT2D eigenvalue weighted by molar-refractivity contribution is -0.143. The van der Waals surface area contributed by atoms with E-state index in [1.165, 1.54) is 0 Å². The third kappa shape index (κ3) is 4.76. The zero-order valence-corrected chi connectivity index (χ0v) is 17.0. The van der Waals surface area contributed by atoms with E-state index in [1.807, 2.05) is 0 Å². The second kappa shape index (κ2) is 8.38. The van der Waals surface area contributed by atoms with Gasteiger partial charge in [-0.25, -0.2) is 8.42 Å². The van der Waals surface area contributed by atoms with Gasteiger partial charge in [-0.3, -0.25) is 9.10 Å². The SMILES string of the molecule is Cc1ccccc1N(CC(=O)OCc1cc(Cl)cc2c1OCOC2)S(C)(=O)=O. The summed E-state index contributed by atoms with van der Waals surface area (Å²) in [6.45, 7) is 1.71. The molecule has 0 saturated carbocycles. The van der Waals surface area contributed by atoms with Gasteiger partial charge in [-0.2, -0.15) is 0 Å². The van der Waals surface area contributed by atoms with Gasteiger partial charge in [-0.1, -0.05) is 29.8 Å². The minimum absolute atomic E-state index is 0.0902. The van der Waals surface area contributed by atoms with Crippen LogP contribution in [-0.2, 0) is 37.5 Å². The summed E-state index contributed by atoms with van der Waals surface area (Å²) in [7, 11) is -3.67. The zero-order valence-electron chi connectivity index (χ0n) is 15.5. The summed E-state index contributed by atoms with van der Waals surface area (Å²) in [6.07, 6.45) is 1.05. The van der Waals surface area contributed by atoms with Gasteiger partial charge in [0.25, 0.3) is 0 Å². The number of ether oxygens (including phenoxy) is 3. The Morgan fingerprint density at radius 1 is 1.29 bits per heavy atom. The van der Waals surface area contributed by atoms with Gasteiger partial charge in [0.2, 0.25) is 10.0 Å². The molecule has 1 heterocycles. The number of carbonyl (C=O) groups excluding carboxylic acids is 1. The fraction of sp³-hybridized carbons (Fsp3) is 0.316. The number of carbonyl (C=O) groups is 1. The topological polar surface area (TPSA) is 82.1 Å². The Morgan fingerprint density at radius 3 is 2.75 bits per heavy atom. The molecule has 0 aromatic heterocycles. The van der Waals surface area contributed by atoms with Crippen molar-refractivity contribution in [3.63, 3.8) is 0 Å². The molecule has 7 nitrogen and oxygen atoms in total. The van der Waals surface area contributed by atoms with Crippen molar-refractivity contribution in [3.8, 4) is 5.75 Å².